The zero-order valence-corrected chi connectivity index (χ0v) is 17.2. The third kappa shape index (κ3) is 4.57. The molecule has 0 spiro atoms. The number of para-hydroxylation sites is 1. The number of benzene rings is 1. The molecule has 1 N–H and O–H groups in total. The van der Waals surface area contributed by atoms with Gasteiger partial charge >= 0.3 is 0 Å². The Kier molecular flexibility index (Phi) is 6.62. The smallest absolute Gasteiger partial charge is 0.146 e. The Hall–Kier alpha value is -1.47. The molecule has 1 unspecified atom stereocenters. The van der Waals surface area contributed by atoms with Gasteiger partial charge < -0.3 is 10.0 Å². The second-order valence-electron chi connectivity index (χ2n) is 7.88. The van der Waals surface area contributed by atoms with Gasteiger partial charge in [-0.05, 0) is 42.8 Å². The minimum atomic E-state index is -0.119. The summed E-state index contributed by atoms with van der Waals surface area (Å²) in [6.07, 6.45) is 2.98. The first-order chi connectivity index (χ1) is 13.7. The molecule has 0 bridgehead atoms. The molecule has 6 heteroatoms. The highest BCUT2D eigenvalue weighted by atomic mass is 32.1. The van der Waals surface area contributed by atoms with Gasteiger partial charge in [-0.3, -0.25) is 9.80 Å². The summed E-state index contributed by atoms with van der Waals surface area (Å²) in [5.74, 6) is -0.119. The Morgan fingerprint density at radius 2 is 1.86 bits per heavy atom. The van der Waals surface area contributed by atoms with Gasteiger partial charge in [0.2, 0.25) is 0 Å². The normalized spacial score (nSPS) is 22.6. The number of nitrogens with zero attached hydrogens (tertiary/aromatic N) is 3. The predicted octanol–water partition coefficient (Wildman–Crippen LogP) is 3.42. The van der Waals surface area contributed by atoms with Crippen molar-refractivity contribution < 1.29 is 9.50 Å². The van der Waals surface area contributed by atoms with Crippen LogP contribution in [0.4, 0.5) is 10.1 Å². The van der Waals surface area contributed by atoms with Crippen molar-refractivity contribution in [3.05, 3.63) is 52.5 Å². The summed E-state index contributed by atoms with van der Waals surface area (Å²) in [5.41, 5.74) is 0.736. The van der Waals surface area contributed by atoms with E-state index in [1.165, 1.54) is 4.88 Å². The van der Waals surface area contributed by atoms with Crippen LogP contribution in [0.1, 0.15) is 24.1 Å². The topological polar surface area (TPSA) is 30.0 Å². The summed E-state index contributed by atoms with van der Waals surface area (Å²) in [6.45, 7) is 6.20. The van der Waals surface area contributed by atoms with Crippen LogP contribution in [0.2, 0.25) is 0 Å². The second kappa shape index (κ2) is 9.35. The Morgan fingerprint density at radius 3 is 2.57 bits per heavy atom. The van der Waals surface area contributed by atoms with Crippen molar-refractivity contribution >= 4 is 17.0 Å². The van der Waals surface area contributed by atoms with E-state index in [2.05, 4.69) is 32.2 Å². The standard InChI is InChI=1S/C22H30FN3OS/c23-21-5-1-2-6-22(21)24-10-7-18(8-11-24)25-12-13-26(19(16-25)9-14-27)17-20-4-3-15-28-20/h1-6,15,18-19,27H,7-14,16-17H2. The number of hydrogen-bond acceptors (Lipinski definition) is 5. The summed E-state index contributed by atoms with van der Waals surface area (Å²) in [5, 5.41) is 11.7. The van der Waals surface area contributed by atoms with Crippen molar-refractivity contribution in [1.82, 2.24) is 9.80 Å². The SMILES string of the molecule is OCCC1CN(C2CCN(c3ccccc3F)CC2)CCN1Cc1cccs1. The average Bonchev–Trinajstić information content (AvgIpc) is 3.23. The van der Waals surface area contributed by atoms with Crippen molar-refractivity contribution in [1.29, 1.82) is 0 Å². The summed E-state index contributed by atoms with van der Waals surface area (Å²) in [6, 6.07) is 12.4. The number of piperidine rings is 1. The summed E-state index contributed by atoms with van der Waals surface area (Å²) in [4.78, 5) is 8.73. The number of anilines is 1. The molecule has 2 saturated heterocycles. The van der Waals surface area contributed by atoms with Crippen LogP contribution in [0.5, 0.6) is 0 Å². The Morgan fingerprint density at radius 1 is 1.04 bits per heavy atom. The first-order valence-electron chi connectivity index (χ1n) is 10.4. The molecule has 0 saturated carbocycles. The van der Waals surface area contributed by atoms with E-state index in [1.54, 1.807) is 12.1 Å². The van der Waals surface area contributed by atoms with Crippen LogP contribution in [-0.4, -0.2) is 66.3 Å². The highest BCUT2D eigenvalue weighted by Crippen LogP contribution is 2.27. The lowest BCUT2D eigenvalue weighted by atomic mass is 9.99. The fourth-order valence-electron chi connectivity index (χ4n) is 4.66. The highest BCUT2D eigenvalue weighted by molar-refractivity contribution is 7.09. The molecule has 1 aromatic heterocycles. The molecule has 0 amide bonds. The number of aliphatic hydroxyl groups excluding tert-OH is 1. The number of rotatable bonds is 6. The molecule has 0 aliphatic carbocycles. The number of halogens is 1. The molecule has 4 rings (SSSR count). The third-order valence-electron chi connectivity index (χ3n) is 6.21. The molecule has 0 radical (unpaired) electrons. The predicted molar refractivity (Wildman–Crippen MR) is 113 cm³/mol. The number of hydrogen-bond donors (Lipinski definition) is 1. The van der Waals surface area contributed by atoms with Gasteiger partial charge in [0.1, 0.15) is 5.82 Å². The molecule has 3 heterocycles. The van der Waals surface area contributed by atoms with Gasteiger partial charge in [-0.1, -0.05) is 18.2 Å². The molecule has 2 aliphatic rings. The van der Waals surface area contributed by atoms with Crippen LogP contribution in [0, 0.1) is 5.82 Å². The van der Waals surface area contributed by atoms with Gasteiger partial charge in [0.05, 0.1) is 5.69 Å². The van der Waals surface area contributed by atoms with E-state index in [1.807, 2.05) is 23.5 Å². The van der Waals surface area contributed by atoms with Gasteiger partial charge in [0, 0.05) is 62.8 Å². The molecule has 2 aromatic rings. The van der Waals surface area contributed by atoms with E-state index in [0.29, 0.717) is 12.1 Å². The molecule has 1 aromatic carbocycles. The van der Waals surface area contributed by atoms with Gasteiger partial charge in [0.15, 0.2) is 0 Å². The lowest BCUT2D eigenvalue weighted by Crippen LogP contribution is -2.57. The van der Waals surface area contributed by atoms with E-state index in [9.17, 15) is 9.50 Å². The fraction of sp³-hybridized carbons (Fsp3) is 0.545. The summed E-state index contributed by atoms with van der Waals surface area (Å²) < 4.78 is 14.1. The number of thiophene rings is 1. The molecular formula is C22H30FN3OS. The quantitative estimate of drug-likeness (QED) is 0.800. The van der Waals surface area contributed by atoms with Crippen LogP contribution in [0.25, 0.3) is 0 Å². The molecule has 2 fully saturated rings. The summed E-state index contributed by atoms with van der Waals surface area (Å²) >= 11 is 1.81. The average molecular weight is 404 g/mol. The van der Waals surface area contributed by atoms with Gasteiger partial charge in [0.25, 0.3) is 0 Å². The zero-order chi connectivity index (χ0) is 19.3. The maximum absolute atomic E-state index is 14.1. The summed E-state index contributed by atoms with van der Waals surface area (Å²) in [7, 11) is 0. The Labute approximate surface area is 171 Å². The third-order valence-corrected chi connectivity index (χ3v) is 7.07. The maximum Gasteiger partial charge on any atom is 0.146 e. The lowest BCUT2D eigenvalue weighted by molar-refractivity contribution is 0.0259. The van der Waals surface area contributed by atoms with Gasteiger partial charge in [-0.2, -0.15) is 0 Å². The molecule has 2 aliphatic heterocycles. The van der Waals surface area contributed by atoms with Crippen molar-refractivity contribution in [2.75, 3.05) is 44.2 Å². The van der Waals surface area contributed by atoms with Crippen LogP contribution in [0.15, 0.2) is 41.8 Å². The Balaban J connectivity index is 1.33. The maximum atomic E-state index is 14.1. The number of piperazine rings is 1. The van der Waals surface area contributed by atoms with E-state index < -0.39 is 0 Å². The highest BCUT2D eigenvalue weighted by Gasteiger charge is 2.32. The number of aliphatic hydroxyl groups is 1. The van der Waals surface area contributed by atoms with Crippen molar-refractivity contribution in [3.63, 3.8) is 0 Å². The monoisotopic (exact) mass is 403 g/mol. The van der Waals surface area contributed by atoms with E-state index in [4.69, 9.17) is 0 Å². The lowest BCUT2D eigenvalue weighted by Gasteiger charge is -2.46. The molecule has 28 heavy (non-hydrogen) atoms. The fourth-order valence-corrected chi connectivity index (χ4v) is 5.39. The van der Waals surface area contributed by atoms with Gasteiger partial charge in [-0.25, -0.2) is 4.39 Å². The van der Waals surface area contributed by atoms with Crippen LogP contribution < -0.4 is 4.90 Å². The van der Waals surface area contributed by atoms with Gasteiger partial charge in [-0.15, -0.1) is 11.3 Å². The molecular weight excluding hydrogens is 373 g/mol. The van der Waals surface area contributed by atoms with Crippen LogP contribution >= 0.6 is 11.3 Å². The minimum absolute atomic E-state index is 0.119. The van der Waals surface area contributed by atoms with Crippen LogP contribution in [0.3, 0.4) is 0 Å². The van der Waals surface area contributed by atoms with Crippen LogP contribution in [-0.2, 0) is 6.54 Å². The van der Waals surface area contributed by atoms with Crippen molar-refractivity contribution in [2.24, 2.45) is 0 Å². The molecule has 152 valence electrons. The van der Waals surface area contributed by atoms with E-state index in [-0.39, 0.29) is 12.4 Å². The largest absolute Gasteiger partial charge is 0.396 e. The second-order valence-corrected chi connectivity index (χ2v) is 8.91. The van der Waals surface area contributed by atoms with Crippen molar-refractivity contribution in [3.8, 4) is 0 Å². The first-order valence-corrected chi connectivity index (χ1v) is 11.2. The molecule has 1 atom stereocenters. The zero-order valence-electron chi connectivity index (χ0n) is 16.3. The van der Waals surface area contributed by atoms with E-state index >= 15 is 0 Å². The van der Waals surface area contributed by atoms with Crippen molar-refractivity contribution in [2.45, 2.75) is 37.9 Å². The first kappa shape index (κ1) is 19.8. The minimum Gasteiger partial charge on any atom is -0.396 e. The Bertz CT molecular complexity index is 733. The molecule has 4 nitrogen and oxygen atoms in total. The van der Waals surface area contributed by atoms with E-state index in [0.717, 1.165) is 64.2 Å².